The van der Waals surface area contributed by atoms with Crippen molar-refractivity contribution in [3.05, 3.63) is 39.7 Å². The van der Waals surface area contributed by atoms with Crippen LogP contribution in [0.25, 0.3) is 11.0 Å². The SMILES string of the molecule is Cc1cc(=O)oc2c(C)c(O[C@H](C)C(=O)NCCCN3CCCC3=O)ccc12. The predicted molar refractivity (Wildman–Crippen MR) is 105 cm³/mol. The lowest BCUT2D eigenvalue weighted by Gasteiger charge is -2.18. The molecule has 0 spiro atoms. The van der Waals surface area contributed by atoms with Gasteiger partial charge in [0.1, 0.15) is 11.3 Å². The van der Waals surface area contributed by atoms with Gasteiger partial charge < -0.3 is 19.4 Å². The number of ether oxygens (including phenoxy) is 1. The van der Waals surface area contributed by atoms with E-state index in [1.54, 1.807) is 19.9 Å². The maximum Gasteiger partial charge on any atom is 0.336 e. The zero-order valence-corrected chi connectivity index (χ0v) is 16.5. The highest BCUT2D eigenvalue weighted by atomic mass is 16.5. The highest BCUT2D eigenvalue weighted by molar-refractivity contribution is 5.85. The summed E-state index contributed by atoms with van der Waals surface area (Å²) in [6, 6.07) is 5.06. The Kier molecular flexibility index (Phi) is 6.02. The molecule has 3 rings (SSSR count). The number of aryl methyl sites for hydroxylation is 2. The average molecular weight is 386 g/mol. The molecule has 7 nitrogen and oxygen atoms in total. The number of nitrogens with one attached hydrogen (secondary N) is 1. The van der Waals surface area contributed by atoms with Crippen molar-refractivity contribution in [1.82, 2.24) is 10.2 Å². The molecule has 1 fully saturated rings. The Morgan fingerprint density at radius 2 is 2.11 bits per heavy atom. The molecule has 1 N–H and O–H groups in total. The highest BCUT2D eigenvalue weighted by Gasteiger charge is 2.20. The molecule has 2 heterocycles. The zero-order valence-electron chi connectivity index (χ0n) is 16.5. The monoisotopic (exact) mass is 386 g/mol. The van der Waals surface area contributed by atoms with E-state index in [0.717, 1.165) is 23.9 Å². The van der Waals surface area contributed by atoms with Gasteiger partial charge in [-0.3, -0.25) is 9.59 Å². The topological polar surface area (TPSA) is 88.8 Å². The Balaban J connectivity index is 1.57. The normalized spacial score (nSPS) is 15.1. The van der Waals surface area contributed by atoms with Crippen LogP contribution in [-0.4, -0.2) is 42.5 Å². The summed E-state index contributed by atoms with van der Waals surface area (Å²) in [5.41, 5.74) is 1.59. The van der Waals surface area contributed by atoms with Crippen LogP contribution in [0.2, 0.25) is 0 Å². The van der Waals surface area contributed by atoms with Gasteiger partial charge in [-0.25, -0.2) is 4.79 Å². The Bertz CT molecular complexity index is 950. The van der Waals surface area contributed by atoms with Crippen LogP contribution in [0.3, 0.4) is 0 Å². The van der Waals surface area contributed by atoms with Crippen molar-refractivity contribution in [3.63, 3.8) is 0 Å². The molecule has 0 saturated carbocycles. The van der Waals surface area contributed by atoms with Gasteiger partial charge >= 0.3 is 5.63 Å². The highest BCUT2D eigenvalue weighted by Crippen LogP contribution is 2.28. The van der Waals surface area contributed by atoms with Crippen LogP contribution in [0, 0.1) is 13.8 Å². The van der Waals surface area contributed by atoms with Crippen LogP contribution in [0.15, 0.2) is 27.4 Å². The summed E-state index contributed by atoms with van der Waals surface area (Å²) in [5.74, 6) is 0.473. The molecule has 150 valence electrons. The molecule has 28 heavy (non-hydrogen) atoms. The summed E-state index contributed by atoms with van der Waals surface area (Å²) >= 11 is 0. The third kappa shape index (κ3) is 4.35. The van der Waals surface area contributed by atoms with Crippen LogP contribution < -0.4 is 15.7 Å². The Labute approximate surface area is 163 Å². The first kappa shape index (κ1) is 19.9. The summed E-state index contributed by atoms with van der Waals surface area (Å²) in [6.07, 6.45) is 1.56. The Morgan fingerprint density at radius 3 is 2.82 bits per heavy atom. The molecule has 1 aliphatic heterocycles. The summed E-state index contributed by atoms with van der Waals surface area (Å²) in [5, 5.41) is 3.69. The van der Waals surface area contributed by atoms with Crippen LogP contribution >= 0.6 is 0 Å². The van der Waals surface area contributed by atoms with E-state index in [1.165, 1.54) is 6.07 Å². The Hall–Kier alpha value is -2.83. The maximum atomic E-state index is 12.3. The van der Waals surface area contributed by atoms with Gasteiger partial charge in [-0.05, 0) is 51.3 Å². The van der Waals surface area contributed by atoms with E-state index >= 15 is 0 Å². The first-order chi connectivity index (χ1) is 13.4. The lowest BCUT2D eigenvalue weighted by atomic mass is 10.1. The molecular weight excluding hydrogens is 360 g/mol. The molecule has 1 aromatic carbocycles. The third-order valence-electron chi connectivity index (χ3n) is 5.07. The van der Waals surface area contributed by atoms with Gasteiger partial charge in [-0.2, -0.15) is 0 Å². The van der Waals surface area contributed by atoms with Crippen LogP contribution in [0.5, 0.6) is 5.75 Å². The van der Waals surface area contributed by atoms with Gasteiger partial charge in [-0.1, -0.05) is 0 Å². The van der Waals surface area contributed by atoms with E-state index in [-0.39, 0.29) is 11.8 Å². The molecule has 1 saturated heterocycles. The second-order valence-corrected chi connectivity index (χ2v) is 7.20. The number of amides is 2. The van der Waals surface area contributed by atoms with E-state index in [2.05, 4.69) is 5.32 Å². The summed E-state index contributed by atoms with van der Waals surface area (Å²) in [6.45, 7) is 7.29. The number of rotatable bonds is 7. The van der Waals surface area contributed by atoms with Crippen LogP contribution in [0.4, 0.5) is 0 Å². The molecule has 0 bridgehead atoms. The fourth-order valence-electron chi connectivity index (χ4n) is 3.44. The number of benzene rings is 1. The van der Waals surface area contributed by atoms with Gasteiger partial charge in [0.05, 0.1) is 0 Å². The third-order valence-corrected chi connectivity index (χ3v) is 5.07. The fraction of sp³-hybridized carbons (Fsp3) is 0.476. The quantitative estimate of drug-likeness (QED) is 0.583. The van der Waals surface area contributed by atoms with Crippen molar-refractivity contribution >= 4 is 22.8 Å². The molecule has 1 atom stereocenters. The summed E-state index contributed by atoms with van der Waals surface area (Å²) in [7, 11) is 0. The second kappa shape index (κ2) is 8.46. The summed E-state index contributed by atoms with van der Waals surface area (Å²) < 4.78 is 11.1. The first-order valence-electron chi connectivity index (χ1n) is 9.63. The van der Waals surface area contributed by atoms with E-state index < -0.39 is 11.7 Å². The molecule has 2 amide bonds. The molecule has 0 unspecified atom stereocenters. The Morgan fingerprint density at radius 1 is 1.32 bits per heavy atom. The minimum atomic E-state index is -0.693. The molecule has 1 aliphatic rings. The van der Waals surface area contributed by atoms with Gasteiger partial charge in [0.2, 0.25) is 5.91 Å². The largest absolute Gasteiger partial charge is 0.480 e. The van der Waals surface area contributed by atoms with E-state index in [4.69, 9.17) is 9.15 Å². The van der Waals surface area contributed by atoms with Crippen LogP contribution in [0.1, 0.15) is 37.3 Å². The number of carbonyl (C=O) groups excluding carboxylic acids is 2. The van der Waals surface area contributed by atoms with Crippen molar-refractivity contribution < 1.29 is 18.7 Å². The average Bonchev–Trinajstić information content (AvgIpc) is 3.06. The molecule has 2 aromatic rings. The van der Waals surface area contributed by atoms with E-state index in [1.807, 2.05) is 17.9 Å². The van der Waals surface area contributed by atoms with E-state index in [0.29, 0.717) is 42.8 Å². The number of likely N-dealkylation sites (tertiary alicyclic amines) is 1. The minimum Gasteiger partial charge on any atom is -0.480 e. The van der Waals surface area contributed by atoms with Crippen molar-refractivity contribution in [2.75, 3.05) is 19.6 Å². The molecule has 1 aromatic heterocycles. The lowest BCUT2D eigenvalue weighted by Crippen LogP contribution is -2.38. The number of hydrogen-bond acceptors (Lipinski definition) is 5. The second-order valence-electron chi connectivity index (χ2n) is 7.20. The smallest absolute Gasteiger partial charge is 0.336 e. The zero-order chi connectivity index (χ0) is 20.3. The molecule has 0 aliphatic carbocycles. The predicted octanol–water partition coefficient (Wildman–Crippen LogP) is 2.31. The van der Waals surface area contributed by atoms with Crippen LogP contribution in [-0.2, 0) is 9.59 Å². The van der Waals surface area contributed by atoms with Gasteiger partial charge in [-0.15, -0.1) is 0 Å². The van der Waals surface area contributed by atoms with Crippen molar-refractivity contribution in [1.29, 1.82) is 0 Å². The van der Waals surface area contributed by atoms with Crippen molar-refractivity contribution in [3.8, 4) is 5.75 Å². The number of hydrogen-bond donors (Lipinski definition) is 1. The maximum absolute atomic E-state index is 12.3. The van der Waals surface area contributed by atoms with Gasteiger partial charge in [0.15, 0.2) is 6.10 Å². The minimum absolute atomic E-state index is 0.191. The number of nitrogens with zero attached hydrogens (tertiary/aromatic N) is 1. The first-order valence-corrected chi connectivity index (χ1v) is 9.63. The van der Waals surface area contributed by atoms with Gasteiger partial charge in [0, 0.05) is 43.1 Å². The lowest BCUT2D eigenvalue weighted by molar-refractivity contribution is -0.127. The standard InChI is InChI=1S/C21H26N2O5/c1-13-12-19(25)28-20-14(2)17(8-7-16(13)20)27-15(3)21(26)22-9-5-11-23-10-4-6-18(23)24/h7-8,12,15H,4-6,9-11H2,1-3H3,(H,22,26)/t15-/m1/s1. The molecule has 7 heteroatoms. The number of fused-ring (bicyclic) bond motifs is 1. The number of carbonyl (C=O) groups is 2. The van der Waals surface area contributed by atoms with Crippen molar-refractivity contribution in [2.24, 2.45) is 0 Å². The summed E-state index contributed by atoms with van der Waals surface area (Å²) in [4.78, 5) is 37.4. The van der Waals surface area contributed by atoms with Crippen molar-refractivity contribution in [2.45, 2.75) is 46.1 Å². The fourth-order valence-corrected chi connectivity index (χ4v) is 3.44. The molecule has 0 radical (unpaired) electrons. The molecular formula is C21H26N2O5. The van der Waals surface area contributed by atoms with Gasteiger partial charge in [0.25, 0.3) is 5.91 Å². The van der Waals surface area contributed by atoms with E-state index in [9.17, 15) is 14.4 Å².